The molecule has 2 aliphatic heterocycles. The number of aliphatic imine (C=N–C) groups is 1. The number of hydrogen-bond donors (Lipinski definition) is 1. The van der Waals surface area contributed by atoms with Crippen LogP contribution in [0.4, 0.5) is 27.6 Å². The average molecular weight is 585 g/mol. The number of aromatic nitrogens is 1. The van der Waals surface area contributed by atoms with Gasteiger partial charge in [-0.05, 0) is 56.9 Å². The molecule has 0 unspecified atom stereocenters. The predicted molar refractivity (Wildman–Crippen MR) is 129 cm³/mol. The molecule has 6 nitrogen and oxygen atoms in total. The Morgan fingerprint density at radius 1 is 1.22 bits per heavy atom. The molecule has 1 spiro atoms. The van der Waals surface area contributed by atoms with Crippen molar-refractivity contribution in [3.05, 3.63) is 57.1 Å². The van der Waals surface area contributed by atoms with E-state index in [0.29, 0.717) is 22.9 Å². The SMILES string of the molecule is C[C@H]1C[C@@]2(CCN1c1cc(Br)cc(F)c1C=O)N=C(c1ccc(C(F)(F)F)nc1C1(F)CCC1)NC2=O. The molecule has 1 aromatic carbocycles. The molecule has 0 bridgehead atoms. The lowest BCUT2D eigenvalue weighted by atomic mass is 9.77. The summed E-state index contributed by atoms with van der Waals surface area (Å²) in [5.74, 6) is -1.13. The molecule has 196 valence electrons. The smallest absolute Gasteiger partial charge is 0.368 e. The normalized spacial score (nSPS) is 25.1. The van der Waals surface area contributed by atoms with Crippen molar-refractivity contribution < 1.29 is 31.5 Å². The maximum Gasteiger partial charge on any atom is 0.433 e. The van der Waals surface area contributed by atoms with Crippen molar-refractivity contribution in [1.82, 2.24) is 10.3 Å². The highest BCUT2D eigenvalue weighted by molar-refractivity contribution is 9.10. The zero-order valence-corrected chi connectivity index (χ0v) is 21.2. The third-order valence-corrected chi connectivity index (χ3v) is 7.88. The van der Waals surface area contributed by atoms with Gasteiger partial charge in [0.2, 0.25) is 0 Å². The molecule has 2 aromatic rings. The van der Waals surface area contributed by atoms with Crippen LogP contribution in [0.5, 0.6) is 0 Å². The molecule has 3 heterocycles. The van der Waals surface area contributed by atoms with E-state index in [-0.39, 0.29) is 60.9 Å². The van der Waals surface area contributed by atoms with Crippen molar-refractivity contribution in [2.45, 2.75) is 62.5 Å². The van der Waals surface area contributed by atoms with E-state index in [1.54, 1.807) is 6.07 Å². The summed E-state index contributed by atoms with van der Waals surface area (Å²) in [4.78, 5) is 34.8. The largest absolute Gasteiger partial charge is 0.433 e. The fraction of sp³-hybridized carbons (Fsp3) is 0.440. The molecule has 5 rings (SSSR count). The van der Waals surface area contributed by atoms with Gasteiger partial charge in [0.25, 0.3) is 5.91 Å². The maximum absolute atomic E-state index is 15.4. The van der Waals surface area contributed by atoms with Gasteiger partial charge in [0.05, 0.1) is 16.9 Å². The second-order valence-corrected chi connectivity index (χ2v) is 10.7. The third kappa shape index (κ3) is 4.32. The van der Waals surface area contributed by atoms with Gasteiger partial charge in [0.15, 0.2) is 12.0 Å². The van der Waals surface area contributed by atoms with Crippen LogP contribution in [0.25, 0.3) is 0 Å². The fourth-order valence-corrected chi connectivity index (χ4v) is 5.75. The first-order chi connectivity index (χ1) is 17.4. The number of halogens is 6. The number of rotatable bonds is 4. The molecule has 1 aliphatic carbocycles. The number of amides is 1. The molecule has 37 heavy (non-hydrogen) atoms. The Bertz CT molecular complexity index is 1330. The molecule has 1 N–H and O–H groups in total. The number of hydrogen-bond acceptors (Lipinski definition) is 5. The maximum atomic E-state index is 15.4. The van der Waals surface area contributed by atoms with Gasteiger partial charge in [-0.15, -0.1) is 0 Å². The van der Waals surface area contributed by atoms with Crippen LogP contribution in [0.3, 0.4) is 0 Å². The number of nitrogens with one attached hydrogen (secondary N) is 1. The van der Waals surface area contributed by atoms with Crippen LogP contribution in [0.1, 0.15) is 66.3 Å². The van der Waals surface area contributed by atoms with E-state index < -0.39 is 34.8 Å². The van der Waals surface area contributed by atoms with E-state index in [1.165, 1.54) is 6.07 Å². The van der Waals surface area contributed by atoms with Gasteiger partial charge in [-0.25, -0.2) is 13.8 Å². The fourth-order valence-electron chi connectivity index (χ4n) is 5.34. The van der Waals surface area contributed by atoms with Crippen molar-refractivity contribution in [3.63, 3.8) is 0 Å². The molecule has 12 heteroatoms. The number of carbonyl (C=O) groups excluding carboxylic acids is 2. The first kappa shape index (κ1) is 25.7. The van der Waals surface area contributed by atoms with Crippen molar-refractivity contribution in [3.8, 4) is 0 Å². The number of aldehydes is 1. The monoisotopic (exact) mass is 584 g/mol. The molecule has 2 fully saturated rings. The van der Waals surface area contributed by atoms with E-state index >= 15 is 4.39 Å². The summed E-state index contributed by atoms with van der Waals surface area (Å²) in [6.07, 6.45) is -3.32. The highest BCUT2D eigenvalue weighted by Crippen LogP contribution is 2.47. The van der Waals surface area contributed by atoms with E-state index in [0.717, 1.165) is 12.1 Å². The zero-order chi connectivity index (χ0) is 26.8. The molecule has 0 radical (unpaired) electrons. The minimum absolute atomic E-state index is 0.00659. The number of piperidine rings is 1. The van der Waals surface area contributed by atoms with Gasteiger partial charge in [-0.3, -0.25) is 14.6 Å². The minimum atomic E-state index is -4.75. The van der Waals surface area contributed by atoms with Gasteiger partial charge >= 0.3 is 6.18 Å². The van der Waals surface area contributed by atoms with Crippen LogP contribution in [0, 0.1) is 5.82 Å². The first-order valence-electron chi connectivity index (χ1n) is 11.8. The van der Waals surface area contributed by atoms with Crippen LogP contribution in [0.2, 0.25) is 0 Å². The minimum Gasteiger partial charge on any atom is -0.368 e. The number of amidine groups is 1. The summed E-state index contributed by atoms with van der Waals surface area (Å²) in [6, 6.07) is 4.35. The zero-order valence-electron chi connectivity index (χ0n) is 19.6. The highest BCUT2D eigenvalue weighted by atomic mass is 79.9. The van der Waals surface area contributed by atoms with Crippen molar-refractivity contribution >= 4 is 39.6 Å². The summed E-state index contributed by atoms with van der Waals surface area (Å²) in [5, 5.41) is 2.65. The van der Waals surface area contributed by atoms with Gasteiger partial charge in [-0.1, -0.05) is 15.9 Å². The number of anilines is 1. The van der Waals surface area contributed by atoms with Crippen molar-refractivity contribution in [2.75, 3.05) is 11.4 Å². The van der Waals surface area contributed by atoms with Crippen LogP contribution in [-0.4, -0.2) is 41.1 Å². The average Bonchev–Trinajstić information content (AvgIpc) is 3.11. The van der Waals surface area contributed by atoms with Gasteiger partial charge in [0, 0.05) is 29.0 Å². The lowest BCUT2D eigenvalue weighted by molar-refractivity contribution is -0.141. The van der Waals surface area contributed by atoms with E-state index in [4.69, 9.17) is 0 Å². The van der Waals surface area contributed by atoms with Gasteiger partial charge in [0.1, 0.15) is 22.9 Å². The molecule has 1 saturated heterocycles. The van der Waals surface area contributed by atoms with E-state index in [1.807, 2.05) is 11.8 Å². The molecule has 1 aromatic heterocycles. The summed E-state index contributed by atoms with van der Waals surface area (Å²) >= 11 is 3.24. The van der Waals surface area contributed by atoms with Crippen molar-refractivity contribution in [2.24, 2.45) is 4.99 Å². The summed E-state index contributed by atoms with van der Waals surface area (Å²) in [5.41, 5.74) is -4.51. The first-order valence-corrected chi connectivity index (χ1v) is 12.6. The molecular formula is C25H22BrF5N4O2. The summed E-state index contributed by atoms with van der Waals surface area (Å²) in [7, 11) is 0. The van der Waals surface area contributed by atoms with E-state index in [9.17, 15) is 27.2 Å². The Labute approximate surface area is 217 Å². The van der Waals surface area contributed by atoms with Crippen molar-refractivity contribution in [1.29, 1.82) is 0 Å². The van der Waals surface area contributed by atoms with Crippen LogP contribution in [0.15, 0.2) is 33.7 Å². The molecule has 1 amide bonds. The van der Waals surface area contributed by atoms with Crippen LogP contribution in [-0.2, 0) is 16.6 Å². The molecule has 1 saturated carbocycles. The predicted octanol–water partition coefficient (Wildman–Crippen LogP) is 5.47. The Balaban J connectivity index is 1.49. The lowest BCUT2D eigenvalue weighted by Gasteiger charge is -2.42. The third-order valence-electron chi connectivity index (χ3n) is 7.42. The van der Waals surface area contributed by atoms with Crippen LogP contribution < -0.4 is 10.2 Å². The number of carbonyl (C=O) groups is 2. The Morgan fingerprint density at radius 2 is 1.95 bits per heavy atom. The summed E-state index contributed by atoms with van der Waals surface area (Å²) in [6.45, 7) is 2.07. The topological polar surface area (TPSA) is 74.7 Å². The standard InChI is InChI=1S/C25H22BrF5N4O2/c1-13-11-24(7-8-35(13)18-10-14(26)9-17(27)16(18)12-36)22(37)33-21(34-24)15-3-4-19(25(29,30)31)32-20(15)23(28)5-2-6-23/h3-4,9-10,12-13H,2,5-8,11H2,1H3,(H,33,34,37)/t13-,24+/m0/s1. The highest BCUT2D eigenvalue weighted by Gasteiger charge is 2.50. The molecule has 2 atom stereocenters. The van der Waals surface area contributed by atoms with Gasteiger partial charge < -0.3 is 10.2 Å². The van der Waals surface area contributed by atoms with Crippen LogP contribution >= 0.6 is 15.9 Å². The van der Waals surface area contributed by atoms with Gasteiger partial charge in [-0.2, -0.15) is 13.2 Å². The Hall–Kier alpha value is -2.89. The number of alkyl halides is 4. The number of pyridine rings is 1. The summed E-state index contributed by atoms with van der Waals surface area (Å²) < 4.78 is 70.2. The molecular weight excluding hydrogens is 563 g/mol. The Kier molecular flexibility index (Phi) is 6.16. The quantitative estimate of drug-likeness (QED) is 0.382. The molecule has 3 aliphatic rings. The Morgan fingerprint density at radius 3 is 2.54 bits per heavy atom. The number of nitrogens with zero attached hydrogens (tertiary/aromatic N) is 3. The number of benzene rings is 1. The second-order valence-electron chi connectivity index (χ2n) is 9.79. The lowest BCUT2D eigenvalue weighted by Crippen LogP contribution is -2.53. The second kappa shape index (κ2) is 8.85. The van der Waals surface area contributed by atoms with E-state index in [2.05, 4.69) is 31.2 Å².